The summed E-state index contributed by atoms with van der Waals surface area (Å²) in [5.74, 6) is -2.57. The Morgan fingerprint density at radius 3 is 1.48 bits per heavy atom. The van der Waals surface area contributed by atoms with E-state index in [4.69, 9.17) is 14.0 Å². The van der Waals surface area contributed by atoms with Gasteiger partial charge in [0.25, 0.3) is 0 Å². The lowest BCUT2D eigenvalue weighted by atomic mass is 9.78. The maximum atomic E-state index is 15.0. The Morgan fingerprint density at radius 2 is 1.07 bits per heavy atom. The van der Waals surface area contributed by atoms with Crippen LogP contribution in [0.5, 0.6) is 0 Å². The summed E-state index contributed by atoms with van der Waals surface area (Å²) in [7, 11) is -1.38. The van der Waals surface area contributed by atoms with Crippen LogP contribution in [0.15, 0.2) is 108 Å². The highest BCUT2D eigenvalue weighted by Crippen LogP contribution is 2.37. The van der Waals surface area contributed by atoms with Gasteiger partial charge in [-0.05, 0) is 85.2 Å². The summed E-state index contributed by atoms with van der Waals surface area (Å²) in [6.45, 7) is 8.18. The first kappa shape index (κ1) is 40.0. The first-order valence-electron chi connectivity index (χ1n) is 17.4. The number of halogens is 2. The first-order chi connectivity index (χ1) is 26.4. The average Bonchev–Trinajstić information content (AvgIpc) is 3.72. The molecule has 5 aromatic carbocycles. The number of ether oxygens (including phenoxy) is 2. The quantitative estimate of drug-likeness (QED) is 0.127. The molecule has 0 unspecified atom stereocenters. The van der Waals surface area contributed by atoms with Gasteiger partial charge in [0.05, 0.1) is 47.6 Å². The van der Waals surface area contributed by atoms with Gasteiger partial charge in [-0.2, -0.15) is 0 Å². The van der Waals surface area contributed by atoms with E-state index in [1.54, 1.807) is 60.7 Å². The van der Waals surface area contributed by atoms with E-state index in [2.05, 4.69) is 14.7 Å². The molecule has 1 aliphatic rings. The van der Waals surface area contributed by atoms with Gasteiger partial charge in [-0.3, -0.25) is 0 Å². The fourth-order valence-electron chi connectivity index (χ4n) is 5.97. The van der Waals surface area contributed by atoms with Gasteiger partial charge in [0.15, 0.2) is 5.82 Å². The van der Waals surface area contributed by atoms with Gasteiger partial charge in [-0.25, -0.2) is 31.8 Å². The third-order valence-corrected chi connectivity index (χ3v) is 10.8. The van der Waals surface area contributed by atoms with E-state index in [0.29, 0.717) is 11.1 Å². The summed E-state index contributed by atoms with van der Waals surface area (Å²) >= 11 is 0. The number of nitrogens with one attached hydrogen (secondary N) is 1. The summed E-state index contributed by atoms with van der Waals surface area (Å²) in [5, 5.41) is -0.427. The van der Waals surface area contributed by atoms with Crippen molar-refractivity contribution in [2.75, 3.05) is 20.5 Å². The number of carbonyl (C=O) groups is 2. The molecule has 0 aliphatic carbocycles. The van der Waals surface area contributed by atoms with E-state index >= 15 is 4.39 Å². The number of fused-ring (bicyclic) bond motifs is 1. The van der Waals surface area contributed by atoms with Crippen LogP contribution in [0.3, 0.4) is 0 Å². The minimum Gasteiger partial charge on any atom is -0.465 e. The van der Waals surface area contributed by atoms with Crippen molar-refractivity contribution in [3.63, 3.8) is 0 Å². The molecular weight excluding hydrogens is 741 g/mol. The van der Waals surface area contributed by atoms with Gasteiger partial charge >= 0.3 is 19.1 Å². The number of aromatic nitrogens is 2. The van der Waals surface area contributed by atoms with Crippen LogP contribution in [0.25, 0.3) is 44.4 Å². The Kier molecular flexibility index (Phi) is 11.0. The molecule has 10 nitrogen and oxygen atoms in total. The number of imidazole rings is 1. The predicted molar refractivity (Wildman–Crippen MR) is 210 cm³/mol. The van der Waals surface area contributed by atoms with Crippen molar-refractivity contribution in [3.05, 3.63) is 126 Å². The maximum absolute atomic E-state index is 15.0. The zero-order chi connectivity index (χ0) is 40.6. The third kappa shape index (κ3) is 8.13. The monoisotopic (exact) mass is 780 g/mol. The van der Waals surface area contributed by atoms with Gasteiger partial charge in [0.1, 0.15) is 11.3 Å². The Morgan fingerprint density at radius 1 is 0.679 bits per heavy atom. The van der Waals surface area contributed by atoms with Crippen molar-refractivity contribution in [2.45, 2.75) is 44.1 Å². The van der Waals surface area contributed by atoms with Crippen molar-refractivity contribution < 1.29 is 45.6 Å². The number of esters is 2. The number of H-pyrrole nitrogens is 1. The lowest BCUT2D eigenvalue weighted by molar-refractivity contribution is 0.00578. The molecule has 0 spiro atoms. The molecule has 0 radical (unpaired) electrons. The molecule has 288 valence electrons. The van der Waals surface area contributed by atoms with Gasteiger partial charge in [0, 0.05) is 12.3 Å². The SMILES string of the molecule is COC(=O)c1ccc(-c2ccc(-c3c(F)cc4[nH]c(S(C)(=O)=O)nc4c3F)cc2)cc1.COC(=O)c1ccc(-c2ccc(B3OC(C)(C)C(C)(C)O3)cc2)cc1. The van der Waals surface area contributed by atoms with E-state index in [-0.39, 0.29) is 46.5 Å². The van der Waals surface area contributed by atoms with Crippen LogP contribution in [0.1, 0.15) is 48.4 Å². The van der Waals surface area contributed by atoms with Crippen LogP contribution in [0, 0.1) is 11.6 Å². The molecule has 1 fully saturated rings. The topological polar surface area (TPSA) is 134 Å². The van der Waals surface area contributed by atoms with Crippen molar-refractivity contribution in [1.29, 1.82) is 0 Å². The minimum absolute atomic E-state index is 0.0403. The van der Waals surface area contributed by atoms with Crippen LogP contribution in [-0.2, 0) is 28.6 Å². The maximum Gasteiger partial charge on any atom is 0.494 e. The molecule has 14 heteroatoms. The summed E-state index contributed by atoms with van der Waals surface area (Å²) in [5.41, 5.74) is 4.62. The second kappa shape index (κ2) is 15.4. The zero-order valence-corrected chi connectivity index (χ0v) is 32.6. The number of aromatic amines is 1. The Labute approximate surface area is 323 Å². The van der Waals surface area contributed by atoms with Crippen LogP contribution >= 0.6 is 0 Å². The highest BCUT2D eigenvalue weighted by Gasteiger charge is 2.51. The zero-order valence-electron chi connectivity index (χ0n) is 31.8. The van der Waals surface area contributed by atoms with E-state index in [9.17, 15) is 22.4 Å². The number of sulfone groups is 1. The van der Waals surface area contributed by atoms with E-state index in [1.165, 1.54) is 14.2 Å². The van der Waals surface area contributed by atoms with Crippen LogP contribution in [0.2, 0.25) is 0 Å². The Hall–Kier alpha value is -5.70. The lowest BCUT2D eigenvalue weighted by Crippen LogP contribution is -2.41. The third-order valence-electron chi connectivity index (χ3n) is 9.89. The summed E-state index contributed by atoms with van der Waals surface area (Å²) in [6.07, 6.45) is 0.927. The lowest BCUT2D eigenvalue weighted by Gasteiger charge is -2.32. The van der Waals surface area contributed by atoms with Crippen molar-refractivity contribution in [2.24, 2.45) is 0 Å². The van der Waals surface area contributed by atoms with Crippen LogP contribution in [-0.4, -0.2) is 69.1 Å². The second-order valence-electron chi connectivity index (χ2n) is 14.2. The Bertz CT molecular complexity index is 2500. The second-order valence-corrected chi connectivity index (χ2v) is 16.1. The van der Waals surface area contributed by atoms with Gasteiger partial charge < -0.3 is 23.8 Å². The number of methoxy groups -OCH3 is 2. The van der Waals surface area contributed by atoms with Gasteiger partial charge in [-0.1, -0.05) is 72.8 Å². The van der Waals surface area contributed by atoms with E-state index in [0.717, 1.165) is 40.0 Å². The molecule has 1 aromatic heterocycles. The largest absolute Gasteiger partial charge is 0.494 e. The van der Waals surface area contributed by atoms with E-state index < -0.39 is 32.6 Å². The molecular formula is C42H39BF2N2O8S. The molecule has 0 bridgehead atoms. The average molecular weight is 781 g/mol. The predicted octanol–water partition coefficient (Wildman–Crippen LogP) is 7.80. The molecule has 0 amide bonds. The van der Waals surface area contributed by atoms with Crippen LogP contribution < -0.4 is 5.46 Å². The van der Waals surface area contributed by atoms with Crippen molar-refractivity contribution in [1.82, 2.24) is 9.97 Å². The number of carbonyl (C=O) groups excluding carboxylic acids is 2. The summed E-state index contributed by atoms with van der Waals surface area (Å²) < 4.78 is 74.6. The molecule has 1 aliphatic heterocycles. The molecule has 6 aromatic rings. The summed E-state index contributed by atoms with van der Waals surface area (Å²) in [4.78, 5) is 29.3. The number of rotatable bonds is 7. The fourth-order valence-corrected chi connectivity index (χ4v) is 6.53. The number of nitrogens with zero attached hydrogens (tertiary/aromatic N) is 1. The number of hydrogen-bond donors (Lipinski definition) is 1. The standard InChI is InChI=1S/C22H16F2N2O4S.C20H23BO4/c1-30-21(27)15-9-5-13(6-10-15)12-3-7-14(8-4-12)18-16(23)11-17-20(19(18)24)26-22(25-17)31(2,28)29;1-19(2)20(3,4)25-21(24-19)17-12-10-15(11-13-17)14-6-8-16(9-7-14)18(22)23-5/h3-11H,1-2H3,(H,25,26);6-13H,1-5H3. The molecule has 0 atom stereocenters. The summed E-state index contributed by atoms with van der Waals surface area (Å²) in [6, 6.07) is 29.7. The molecule has 0 saturated carbocycles. The normalized spacial score (nSPS) is 14.6. The highest BCUT2D eigenvalue weighted by atomic mass is 32.2. The molecule has 1 saturated heterocycles. The number of benzene rings is 5. The molecule has 56 heavy (non-hydrogen) atoms. The Balaban J connectivity index is 0.000000194. The van der Waals surface area contributed by atoms with E-state index in [1.807, 2.05) is 64.1 Å². The minimum atomic E-state index is -3.70. The number of hydrogen-bond acceptors (Lipinski definition) is 9. The van der Waals surface area contributed by atoms with Gasteiger partial charge in [-0.15, -0.1) is 0 Å². The molecule has 2 heterocycles. The fraction of sp³-hybridized carbons (Fsp3) is 0.214. The molecule has 1 N–H and O–H groups in total. The van der Waals surface area contributed by atoms with Crippen LogP contribution in [0.4, 0.5) is 8.78 Å². The van der Waals surface area contributed by atoms with Crippen molar-refractivity contribution >= 4 is 45.4 Å². The first-order valence-corrected chi connectivity index (χ1v) is 19.3. The molecule has 7 rings (SSSR count). The van der Waals surface area contributed by atoms with Gasteiger partial charge in [0.2, 0.25) is 15.0 Å². The highest BCUT2D eigenvalue weighted by molar-refractivity contribution is 7.90. The smallest absolute Gasteiger partial charge is 0.465 e. The van der Waals surface area contributed by atoms with Crippen molar-refractivity contribution in [3.8, 4) is 33.4 Å².